The maximum Gasteiger partial charge on any atom is 0.176 e. The second-order valence-electron chi connectivity index (χ2n) is 2.80. The van der Waals surface area contributed by atoms with Gasteiger partial charge in [0.2, 0.25) is 0 Å². The van der Waals surface area contributed by atoms with Crippen LogP contribution in [0, 0.1) is 0 Å². The molecule has 1 rings (SSSR count). The lowest BCUT2D eigenvalue weighted by Gasteiger charge is -2.04. The Bertz CT molecular complexity index is 339. The van der Waals surface area contributed by atoms with Crippen LogP contribution < -0.4 is 10.1 Å². The van der Waals surface area contributed by atoms with Crippen molar-refractivity contribution < 1.29 is 9.53 Å². The predicted molar refractivity (Wildman–Crippen MR) is 56.3 cm³/mol. The molecule has 0 saturated heterocycles. The Labute approximate surface area is 88.0 Å². The first-order valence-corrected chi connectivity index (χ1v) is 4.58. The van der Waals surface area contributed by atoms with Gasteiger partial charge in [-0.05, 0) is 25.2 Å². The fraction of sp³-hybridized carbons (Fsp3) is 0.300. The zero-order valence-electron chi connectivity index (χ0n) is 8.13. The second kappa shape index (κ2) is 4.98. The Morgan fingerprint density at radius 3 is 2.79 bits per heavy atom. The molecule has 14 heavy (non-hydrogen) atoms. The topological polar surface area (TPSA) is 38.3 Å². The first-order chi connectivity index (χ1) is 6.69. The van der Waals surface area contributed by atoms with Crippen LogP contribution in [0.5, 0.6) is 5.75 Å². The van der Waals surface area contributed by atoms with Crippen LogP contribution in [0.25, 0.3) is 0 Å². The number of likely N-dealkylation sites (N-methyl/N-ethyl adjacent to an activating group) is 1. The third kappa shape index (κ3) is 2.47. The van der Waals surface area contributed by atoms with Crippen molar-refractivity contribution in [2.24, 2.45) is 0 Å². The molecule has 0 fully saturated rings. The van der Waals surface area contributed by atoms with Crippen LogP contribution in [-0.2, 0) is 0 Å². The van der Waals surface area contributed by atoms with Crippen LogP contribution in [0.15, 0.2) is 18.2 Å². The monoisotopic (exact) mass is 213 g/mol. The van der Waals surface area contributed by atoms with E-state index in [0.29, 0.717) is 22.9 Å². The van der Waals surface area contributed by atoms with Gasteiger partial charge in [-0.1, -0.05) is 11.6 Å². The fourth-order valence-electron chi connectivity index (χ4n) is 1.10. The molecule has 1 N–H and O–H groups in total. The minimum absolute atomic E-state index is 0.0112. The molecule has 76 valence electrons. The summed E-state index contributed by atoms with van der Waals surface area (Å²) in [6, 6.07) is 5.00. The summed E-state index contributed by atoms with van der Waals surface area (Å²) < 4.78 is 4.98. The molecule has 0 radical (unpaired) electrons. The van der Waals surface area contributed by atoms with Gasteiger partial charge in [0.25, 0.3) is 0 Å². The van der Waals surface area contributed by atoms with E-state index in [-0.39, 0.29) is 5.78 Å². The molecule has 0 atom stereocenters. The van der Waals surface area contributed by atoms with E-state index in [1.54, 1.807) is 25.2 Å². The van der Waals surface area contributed by atoms with Gasteiger partial charge in [-0.2, -0.15) is 0 Å². The summed E-state index contributed by atoms with van der Waals surface area (Å²) in [7, 11) is 3.26. The molecule has 0 aliphatic heterocycles. The van der Waals surface area contributed by atoms with Gasteiger partial charge in [-0.15, -0.1) is 0 Å². The average molecular weight is 214 g/mol. The molecule has 0 unspecified atom stereocenters. The van der Waals surface area contributed by atoms with Gasteiger partial charge in [0.1, 0.15) is 5.75 Å². The van der Waals surface area contributed by atoms with Crippen molar-refractivity contribution >= 4 is 17.4 Å². The molecule has 0 amide bonds. The number of carbonyl (C=O) groups excluding carboxylic acids is 1. The van der Waals surface area contributed by atoms with E-state index in [9.17, 15) is 4.79 Å². The molecule has 0 saturated carbocycles. The number of hydrogen-bond acceptors (Lipinski definition) is 3. The molecule has 0 aliphatic carbocycles. The highest BCUT2D eigenvalue weighted by molar-refractivity contribution is 6.32. The van der Waals surface area contributed by atoms with E-state index in [2.05, 4.69) is 5.32 Å². The lowest BCUT2D eigenvalue weighted by molar-refractivity contribution is 0.0993. The molecule has 1 aromatic carbocycles. The van der Waals surface area contributed by atoms with Crippen LogP contribution in [-0.4, -0.2) is 26.5 Å². The zero-order chi connectivity index (χ0) is 10.6. The summed E-state index contributed by atoms with van der Waals surface area (Å²) in [5, 5.41) is 3.24. The van der Waals surface area contributed by atoms with Crippen molar-refractivity contribution in [2.75, 3.05) is 20.7 Å². The Morgan fingerprint density at radius 2 is 2.29 bits per heavy atom. The fourth-order valence-corrected chi connectivity index (χ4v) is 1.36. The van der Waals surface area contributed by atoms with Crippen molar-refractivity contribution in [3.8, 4) is 5.75 Å². The first kappa shape index (κ1) is 11.0. The molecule has 0 spiro atoms. The Morgan fingerprint density at radius 1 is 1.57 bits per heavy atom. The highest BCUT2D eigenvalue weighted by atomic mass is 35.5. The van der Waals surface area contributed by atoms with Crippen LogP contribution in [0.3, 0.4) is 0 Å². The highest BCUT2D eigenvalue weighted by Crippen LogP contribution is 2.24. The summed E-state index contributed by atoms with van der Waals surface area (Å²) in [5.74, 6) is 0.588. The lowest BCUT2D eigenvalue weighted by Crippen LogP contribution is -2.18. The molecule has 1 aromatic rings. The Hall–Kier alpha value is -1.06. The highest BCUT2D eigenvalue weighted by Gasteiger charge is 2.07. The number of Topliss-reactive ketones (excluding diaryl/α,β-unsaturated/α-hetero) is 1. The molecule has 4 heteroatoms. The van der Waals surface area contributed by atoms with Crippen molar-refractivity contribution in [3.63, 3.8) is 0 Å². The number of ether oxygens (including phenoxy) is 1. The molecule has 3 nitrogen and oxygen atoms in total. The Balaban J connectivity index is 2.91. The van der Waals surface area contributed by atoms with Crippen LogP contribution in [0.2, 0.25) is 5.02 Å². The number of halogens is 1. The zero-order valence-corrected chi connectivity index (χ0v) is 8.89. The Kier molecular flexibility index (Phi) is 3.92. The number of nitrogens with one attached hydrogen (secondary N) is 1. The van der Waals surface area contributed by atoms with Crippen LogP contribution in [0.1, 0.15) is 10.4 Å². The average Bonchev–Trinajstić information content (AvgIpc) is 2.18. The quantitative estimate of drug-likeness (QED) is 0.775. The maximum absolute atomic E-state index is 11.4. The van der Waals surface area contributed by atoms with E-state index in [4.69, 9.17) is 16.3 Å². The third-order valence-corrected chi connectivity index (χ3v) is 2.11. The van der Waals surface area contributed by atoms with Gasteiger partial charge in [0.15, 0.2) is 5.78 Å². The van der Waals surface area contributed by atoms with Gasteiger partial charge in [-0.3, -0.25) is 4.79 Å². The number of carbonyl (C=O) groups is 1. The van der Waals surface area contributed by atoms with Gasteiger partial charge < -0.3 is 10.1 Å². The number of methoxy groups -OCH3 is 1. The predicted octanol–water partition coefficient (Wildman–Crippen LogP) is 1.75. The smallest absolute Gasteiger partial charge is 0.176 e. The van der Waals surface area contributed by atoms with Gasteiger partial charge >= 0.3 is 0 Å². The molecular weight excluding hydrogens is 202 g/mol. The number of ketones is 1. The number of benzene rings is 1. The summed E-state index contributed by atoms with van der Waals surface area (Å²) in [5.41, 5.74) is 0.588. The largest absolute Gasteiger partial charge is 0.495 e. The van der Waals surface area contributed by atoms with E-state index in [1.807, 2.05) is 0 Å². The van der Waals surface area contributed by atoms with E-state index in [0.717, 1.165) is 0 Å². The van der Waals surface area contributed by atoms with Gasteiger partial charge in [0, 0.05) is 5.56 Å². The van der Waals surface area contributed by atoms with E-state index in [1.165, 1.54) is 7.11 Å². The normalized spacial score (nSPS) is 9.93. The molecular formula is C10H12ClNO2. The third-order valence-electron chi connectivity index (χ3n) is 1.81. The van der Waals surface area contributed by atoms with Crippen molar-refractivity contribution in [2.45, 2.75) is 0 Å². The molecule has 0 bridgehead atoms. The molecule has 0 aliphatic rings. The van der Waals surface area contributed by atoms with Crippen LogP contribution in [0.4, 0.5) is 0 Å². The SMILES string of the molecule is CNCC(=O)c1ccc(OC)c(Cl)c1. The van der Waals surface area contributed by atoms with E-state index >= 15 is 0 Å². The van der Waals surface area contributed by atoms with Gasteiger partial charge in [-0.25, -0.2) is 0 Å². The molecule has 0 heterocycles. The minimum atomic E-state index is 0.0112. The number of rotatable bonds is 4. The molecule has 0 aromatic heterocycles. The first-order valence-electron chi connectivity index (χ1n) is 4.20. The summed E-state index contributed by atoms with van der Waals surface area (Å²) in [6.45, 7) is 0.308. The second-order valence-corrected chi connectivity index (χ2v) is 3.21. The number of hydrogen-bond donors (Lipinski definition) is 1. The maximum atomic E-state index is 11.4. The van der Waals surface area contributed by atoms with Crippen LogP contribution >= 0.6 is 11.6 Å². The minimum Gasteiger partial charge on any atom is -0.495 e. The standard InChI is InChI=1S/C10H12ClNO2/c1-12-6-9(13)7-3-4-10(14-2)8(11)5-7/h3-5,12H,6H2,1-2H3. The van der Waals surface area contributed by atoms with Crippen molar-refractivity contribution in [3.05, 3.63) is 28.8 Å². The van der Waals surface area contributed by atoms with Crippen molar-refractivity contribution in [1.82, 2.24) is 5.32 Å². The van der Waals surface area contributed by atoms with Gasteiger partial charge in [0.05, 0.1) is 18.7 Å². The summed E-state index contributed by atoms with van der Waals surface area (Å²) in [6.07, 6.45) is 0. The summed E-state index contributed by atoms with van der Waals surface area (Å²) >= 11 is 5.88. The lowest BCUT2D eigenvalue weighted by atomic mass is 10.1. The summed E-state index contributed by atoms with van der Waals surface area (Å²) in [4.78, 5) is 11.4. The van der Waals surface area contributed by atoms with E-state index < -0.39 is 0 Å². The van der Waals surface area contributed by atoms with Crippen molar-refractivity contribution in [1.29, 1.82) is 0 Å².